The predicted octanol–water partition coefficient (Wildman–Crippen LogP) is 4.42. The molecule has 0 unspecified atom stereocenters. The summed E-state index contributed by atoms with van der Waals surface area (Å²) in [6.45, 7) is 1.10. The third kappa shape index (κ3) is 6.44. The predicted molar refractivity (Wildman–Crippen MR) is 132 cm³/mol. The van der Waals surface area contributed by atoms with Crippen LogP contribution in [0.15, 0.2) is 77.7 Å². The molecule has 3 aromatic carbocycles. The maximum Gasteiger partial charge on any atom is 0.243 e. The van der Waals surface area contributed by atoms with E-state index in [9.17, 15) is 18.0 Å². The fraction of sp³-hybridized carbons (Fsp3) is 0.200. The minimum Gasteiger partial charge on any atom is -0.495 e. The Morgan fingerprint density at radius 3 is 2.38 bits per heavy atom. The average molecular weight is 501 g/mol. The first-order valence-electron chi connectivity index (χ1n) is 10.5. The Balaban J connectivity index is 1.85. The molecule has 0 aliphatic heterocycles. The maximum atomic E-state index is 13.4. The van der Waals surface area contributed by atoms with Gasteiger partial charge < -0.3 is 10.1 Å². The summed E-state index contributed by atoms with van der Waals surface area (Å²) in [7, 11) is -2.61. The van der Waals surface area contributed by atoms with Crippen LogP contribution in [-0.4, -0.2) is 44.6 Å². The quantitative estimate of drug-likeness (QED) is 0.416. The first-order valence-corrected chi connectivity index (χ1v) is 12.3. The zero-order chi connectivity index (χ0) is 24.7. The van der Waals surface area contributed by atoms with Gasteiger partial charge in [-0.05, 0) is 49.2 Å². The van der Waals surface area contributed by atoms with E-state index < -0.39 is 22.5 Å². The third-order valence-corrected chi connectivity index (χ3v) is 7.26. The Morgan fingerprint density at radius 2 is 1.74 bits per heavy atom. The smallest absolute Gasteiger partial charge is 0.243 e. The van der Waals surface area contributed by atoms with E-state index in [-0.39, 0.29) is 22.2 Å². The molecule has 0 aromatic heterocycles. The molecule has 0 bridgehead atoms. The van der Waals surface area contributed by atoms with Crippen LogP contribution < -0.4 is 10.1 Å². The Morgan fingerprint density at radius 1 is 1.00 bits per heavy atom. The summed E-state index contributed by atoms with van der Waals surface area (Å²) in [5, 5.41) is 2.83. The van der Waals surface area contributed by atoms with Crippen LogP contribution in [0.2, 0.25) is 5.02 Å². The molecule has 0 fully saturated rings. The Hall–Kier alpha value is -3.20. The fourth-order valence-corrected chi connectivity index (χ4v) is 5.06. The molecule has 0 radical (unpaired) electrons. The molecular formula is C25H25ClN2O5S. The number of hydrogen-bond donors (Lipinski definition) is 1. The number of benzene rings is 3. The Kier molecular flexibility index (Phi) is 8.44. The molecule has 0 saturated heterocycles. The zero-order valence-electron chi connectivity index (χ0n) is 18.8. The number of nitrogens with one attached hydrogen (secondary N) is 1. The standard InChI is InChI=1S/C25H25ClN2O5S/c1-18(29)20-9-6-10-21(15-20)27-25(30)17-28(14-13-19-7-4-3-5-8-19)34(31,32)22-11-12-24(33-2)23(26)16-22/h3-12,15-16H,13-14,17H2,1-2H3,(H,27,30). The molecule has 3 rings (SSSR count). The van der Waals surface area contributed by atoms with Gasteiger partial charge in [-0.2, -0.15) is 4.31 Å². The molecule has 1 N–H and O–H groups in total. The number of ketones is 1. The van der Waals surface area contributed by atoms with Gasteiger partial charge in [0.15, 0.2) is 5.78 Å². The summed E-state index contributed by atoms with van der Waals surface area (Å²) in [6.07, 6.45) is 0.414. The number of anilines is 1. The molecule has 178 valence electrons. The second kappa shape index (κ2) is 11.3. The van der Waals surface area contributed by atoms with Crippen LogP contribution in [0.1, 0.15) is 22.8 Å². The van der Waals surface area contributed by atoms with Crippen LogP contribution in [-0.2, 0) is 21.2 Å². The molecule has 34 heavy (non-hydrogen) atoms. The van der Waals surface area contributed by atoms with Crippen LogP contribution >= 0.6 is 11.6 Å². The number of amides is 1. The van der Waals surface area contributed by atoms with Crippen molar-refractivity contribution in [2.75, 3.05) is 25.5 Å². The van der Waals surface area contributed by atoms with E-state index >= 15 is 0 Å². The number of carbonyl (C=O) groups is 2. The Bertz CT molecular complexity index is 1280. The van der Waals surface area contributed by atoms with Crippen molar-refractivity contribution in [3.05, 3.63) is 88.9 Å². The maximum absolute atomic E-state index is 13.4. The number of rotatable bonds is 10. The topological polar surface area (TPSA) is 92.8 Å². The molecule has 9 heteroatoms. The van der Waals surface area contributed by atoms with E-state index in [0.29, 0.717) is 23.4 Å². The SMILES string of the molecule is COc1ccc(S(=O)(=O)N(CCc2ccccc2)CC(=O)Nc2cccc(C(C)=O)c2)cc1Cl. The molecule has 1 amide bonds. The van der Waals surface area contributed by atoms with Gasteiger partial charge in [0.2, 0.25) is 15.9 Å². The molecule has 0 atom stereocenters. The van der Waals surface area contributed by atoms with Gasteiger partial charge in [-0.25, -0.2) is 8.42 Å². The van der Waals surface area contributed by atoms with Gasteiger partial charge >= 0.3 is 0 Å². The van der Waals surface area contributed by atoms with Crippen LogP contribution in [0.5, 0.6) is 5.75 Å². The minimum atomic E-state index is -4.05. The molecule has 0 aliphatic rings. The summed E-state index contributed by atoms with van der Waals surface area (Å²) in [4.78, 5) is 24.4. The molecule has 3 aromatic rings. The van der Waals surface area contributed by atoms with Gasteiger partial charge in [-0.3, -0.25) is 9.59 Å². The number of hydrogen-bond acceptors (Lipinski definition) is 5. The number of sulfonamides is 1. The number of Topliss-reactive ketones (excluding diaryl/α,β-unsaturated/α-hetero) is 1. The number of halogens is 1. The van der Waals surface area contributed by atoms with Crippen LogP contribution in [0, 0.1) is 0 Å². The van der Waals surface area contributed by atoms with Gasteiger partial charge in [0.1, 0.15) is 5.75 Å². The van der Waals surface area contributed by atoms with Crippen molar-refractivity contribution in [1.82, 2.24) is 4.31 Å². The van der Waals surface area contributed by atoms with Gasteiger partial charge in [-0.1, -0.05) is 54.1 Å². The van der Waals surface area contributed by atoms with Crippen LogP contribution in [0.4, 0.5) is 5.69 Å². The van der Waals surface area contributed by atoms with Crippen molar-refractivity contribution >= 4 is 39.0 Å². The molecule has 0 aliphatic carbocycles. The van der Waals surface area contributed by atoms with Gasteiger partial charge in [-0.15, -0.1) is 0 Å². The lowest BCUT2D eigenvalue weighted by molar-refractivity contribution is -0.116. The largest absolute Gasteiger partial charge is 0.495 e. The first kappa shape index (κ1) is 25.4. The van der Waals surface area contributed by atoms with Crippen molar-refractivity contribution in [3.63, 3.8) is 0 Å². The minimum absolute atomic E-state index is 0.0438. The lowest BCUT2D eigenvalue weighted by Crippen LogP contribution is -2.39. The number of carbonyl (C=O) groups excluding carboxylic acids is 2. The van der Waals surface area contributed by atoms with Gasteiger partial charge in [0.25, 0.3) is 0 Å². The van der Waals surface area contributed by atoms with E-state index in [4.69, 9.17) is 16.3 Å². The van der Waals surface area contributed by atoms with E-state index in [2.05, 4.69) is 5.32 Å². The molecule has 0 heterocycles. The number of nitrogens with zero attached hydrogens (tertiary/aromatic N) is 1. The summed E-state index contributed by atoms with van der Waals surface area (Å²) in [5.41, 5.74) is 1.79. The van der Waals surface area contributed by atoms with Crippen LogP contribution in [0.25, 0.3) is 0 Å². The molecule has 0 spiro atoms. The van der Waals surface area contributed by atoms with Crippen LogP contribution in [0.3, 0.4) is 0 Å². The number of methoxy groups -OCH3 is 1. The van der Waals surface area contributed by atoms with E-state index in [0.717, 1.165) is 9.87 Å². The van der Waals surface area contributed by atoms with Gasteiger partial charge in [0, 0.05) is 17.8 Å². The highest BCUT2D eigenvalue weighted by atomic mass is 35.5. The van der Waals surface area contributed by atoms with Crippen molar-refractivity contribution in [2.24, 2.45) is 0 Å². The highest BCUT2D eigenvalue weighted by Gasteiger charge is 2.27. The highest BCUT2D eigenvalue weighted by Crippen LogP contribution is 2.28. The van der Waals surface area contributed by atoms with Crippen molar-refractivity contribution in [3.8, 4) is 5.75 Å². The normalized spacial score (nSPS) is 11.3. The molecule has 0 saturated carbocycles. The van der Waals surface area contributed by atoms with Gasteiger partial charge in [0.05, 0.1) is 23.6 Å². The van der Waals surface area contributed by atoms with E-state index in [1.54, 1.807) is 24.3 Å². The second-order valence-electron chi connectivity index (χ2n) is 7.56. The highest BCUT2D eigenvalue weighted by molar-refractivity contribution is 7.89. The fourth-order valence-electron chi connectivity index (χ4n) is 3.32. The summed E-state index contributed by atoms with van der Waals surface area (Å²) < 4.78 is 33.1. The third-order valence-electron chi connectivity index (χ3n) is 5.13. The van der Waals surface area contributed by atoms with E-state index in [1.807, 2.05) is 30.3 Å². The summed E-state index contributed by atoms with van der Waals surface area (Å²) >= 11 is 6.15. The summed E-state index contributed by atoms with van der Waals surface area (Å²) in [6, 6.07) is 20.0. The van der Waals surface area contributed by atoms with Crippen molar-refractivity contribution < 1.29 is 22.7 Å². The van der Waals surface area contributed by atoms with Crippen molar-refractivity contribution in [2.45, 2.75) is 18.2 Å². The zero-order valence-corrected chi connectivity index (χ0v) is 20.4. The molecular weight excluding hydrogens is 476 g/mol. The second-order valence-corrected chi connectivity index (χ2v) is 9.90. The summed E-state index contributed by atoms with van der Waals surface area (Å²) in [5.74, 6) is -0.323. The monoisotopic (exact) mass is 500 g/mol. The Labute approximate surface area is 204 Å². The molecule has 7 nitrogen and oxygen atoms in total. The lowest BCUT2D eigenvalue weighted by Gasteiger charge is -2.22. The number of ether oxygens (including phenoxy) is 1. The lowest BCUT2D eigenvalue weighted by atomic mass is 10.1. The van der Waals surface area contributed by atoms with E-state index in [1.165, 1.54) is 32.2 Å². The average Bonchev–Trinajstić information content (AvgIpc) is 2.82. The first-order chi connectivity index (χ1) is 16.2. The van der Waals surface area contributed by atoms with Crippen molar-refractivity contribution in [1.29, 1.82) is 0 Å².